The van der Waals surface area contributed by atoms with Gasteiger partial charge in [0.25, 0.3) is 0 Å². The van der Waals surface area contributed by atoms with Gasteiger partial charge in [0.1, 0.15) is 12.4 Å². The van der Waals surface area contributed by atoms with Crippen LogP contribution in [0, 0.1) is 13.8 Å². The number of halogens is 1. The van der Waals surface area contributed by atoms with Gasteiger partial charge in [0, 0.05) is 0 Å². The average molecular weight is 319 g/mol. The van der Waals surface area contributed by atoms with Crippen molar-refractivity contribution in [2.24, 2.45) is 0 Å². The number of aryl methyl sites for hydroxylation is 2. The molecule has 0 aliphatic rings. The highest BCUT2D eigenvalue weighted by molar-refractivity contribution is 5.36. The zero-order chi connectivity index (χ0) is 17.0. The van der Waals surface area contributed by atoms with Gasteiger partial charge < -0.3 is 15.8 Å². The van der Waals surface area contributed by atoms with Crippen LogP contribution in [0.1, 0.15) is 37.0 Å². The Kier molecular flexibility index (Phi) is 5.31. The van der Waals surface area contributed by atoms with Crippen LogP contribution in [-0.4, -0.2) is 27.6 Å². The quantitative estimate of drug-likeness (QED) is 0.851. The van der Waals surface area contributed by atoms with Crippen LogP contribution in [0.15, 0.2) is 18.2 Å². The first-order valence-corrected chi connectivity index (χ1v) is 7.47. The number of alkyl halides is 1. The van der Waals surface area contributed by atoms with E-state index in [-0.39, 0.29) is 23.8 Å². The summed E-state index contributed by atoms with van der Waals surface area (Å²) in [7, 11) is 0. The molecular weight excluding hydrogens is 297 g/mol. The second kappa shape index (κ2) is 7.21. The molecule has 0 amide bonds. The van der Waals surface area contributed by atoms with Crippen molar-refractivity contribution in [3.8, 4) is 5.75 Å². The first kappa shape index (κ1) is 16.9. The minimum atomic E-state index is -1.30. The van der Waals surface area contributed by atoms with Gasteiger partial charge in [-0.25, -0.2) is 4.39 Å². The Labute approximate surface area is 135 Å². The van der Waals surface area contributed by atoms with Crippen molar-refractivity contribution in [1.29, 1.82) is 0 Å². The molecule has 1 heterocycles. The molecule has 2 unspecified atom stereocenters. The Morgan fingerprint density at radius 2 is 1.96 bits per heavy atom. The average Bonchev–Trinajstić information content (AvgIpc) is 2.45. The molecule has 1 aromatic heterocycles. The molecule has 0 saturated carbocycles. The number of ether oxygens (including phenoxy) is 1. The lowest BCUT2D eigenvalue weighted by atomic mass is 10.1. The number of nitrogen functional groups attached to an aromatic ring is 1. The third kappa shape index (κ3) is 4.77. The fraction of sp³-hybridized carbons (Fsp3) is 0.438. The van der Waals surface area contributed by atoms with Gasteiger partial charge in [-0.2, -0.15) is 15.0 Å². The fourth-order valence-electron chi connectivity index (χ4n) is 2.09. The predicted molar refractivity (Wildman–Crippen MR) is 88.3 cm³/mol. The van der Waals surface area contributed by atoms with Crippen LogP contribution in [0.5, 0.6) is 5.75 Å². The van der Waals surface area contributed by atoms with Gasteiger partial charge in [0.2, 0.25) is 11.9 Å². The van der Waals surface area contributed by atoms with E-state index in [0.29, 0.717) is 6.61 Å². The van der Waals surface area contributed by atoms with Crippen molar-refractivity contribution in [2.45, 2.75) is 39.9 Å². The van der Waals surface area contributed by atoms with Crippen LogP contribution in [0.2, 0.25) is 0 Å². The van der Waals surface area contributed by atoms with Crippen molar-refractivity contribution >= 4 is 11.9 Å². The molecule has 0 bridgehead atoms. The lowest BCUT2D eigenvalue weighted by molar-refractivity contribution is 0.301. The van der Waals surface area contributed by atoms with E-state index in [2.05, 4.69) is 26.3 Å². The zero-order valence-electron chi connectivity index (χ0n) is 13.8. The van der Waals surface area contributed by atoms with E-state index in [9.17, 15) is 4.39 Å². The monoisotopic (exact) mass is 319 g/mol. The van der Waals surface area contributed by atoms with Gasteiger partial charge in [-0.3, -0.25) is 0 Å². The summed E-state index contributed by atoms with van der Waals surface area (Å²) in [6, 6.07) is 5.93. The molecule has 7 heteroatoms. The molecule has 6 nitrogen and oxygen atoms in total. The van der Waals surface area contributed by atoms with E-state index in [0.717, 1.165) is 11.3 Å². The molecule has 0 fully saturated rings. The Morgan fingerprint density at radius 3 is 2.61 bits per heavy atom. The Balaban J connectivity index is 1.98. The van der Waals surface area contributed by atoms with E-state index < -0.39 is 6.17 Å². The normalized spacial score (nSPS) is 13.4. The van der Waals surface area contributed by atoms with E-state index in [1.54, 1.807) is 0 Å². The van der Waals surface area contributed by atoms with Crippen molar-refractivity contribution in [3.63, 3.8) is 0 Å². The van der Waals surface area contributed by atoms with Gasteiger partial charge >= 0.3 is 0 Å². The lowest BCUT2D eigenvalue weighted by Crippen LogP contribution is -2.25. The summed E-state index contributed by atoms with van der Waals surface area (Å²) in [4.78, 5) is 11.7. The van der Waals surface area contributed by atoms with Crippen LogP contribution < -0.4 is 15.8 Å². The molecule has 0 spiro atoms. The fourth-order valence-corrected chi connectivity index (χ4v) is 2.09. The summed E-state index contributed by atoms with van der Waals surface area (Å²) < 4.78 is 19.1. The standard InChI is InChI=1S/C16H22FN5O/c1-9-5-6-13(10(2)7-9)23-8-11(3)19-16-21-14(12(4)17)20-15(18)22-16/h5-7,11-12H,8H2,1-4H3,(H3,18,19,20,21,22). The number of anilines is 2. The number of nitrogens with two attached hydrogens (primary N) is 1. The van der Waals surface area contributed by atoms with Crippen LogP contribution in [-0.2, 0) is 0 Å². The molecule has 0 radical (unpaired) electrons. The molecule has 23 heavy (non-hydrogen) atoms. The highest BCUT2D eigenvalue weighted by Gasteiger charge is 2.13. The number of rotatable bonds is 6. The van der Waals surface area contributed by atoms with Crippen LogP contribution in [0.4, 0.5) is 16.3 Å². The van der Waals surface area contributed by atoms with E-state index in [1.807, 2.05) is 32.9 Å². The number of aromatic nitrogens is 3. The molecule has 2 rings (SSSR count). The Hall–Kier alpha value is -2.44. The molecule has 2 aromatic rings. The van der Waals surface area contributed by atoms with Crippen molar-refractivity contribution in [2.75, 3.05) is 17.7 Å². The maximum Gasteiger partial charge on any atom is 0.228 e. The van der Waals surface area contributed by atoms with Crippen molar-refractivity contribution < 1.29 is 9.13 Å². The minimum Gasteiger partial charge on any atom is -0.491 e. The number of benzene rings is 1. The van der Waals surface area contributed by atoms with Crippen LogP contribution in [0.3, 0.4) is 0 Å². The second-order valence-corrected chi connectivity index (χ2v) is 5.62. The number of nitrogens with one attached hydrogen (secondary N) is 1. The second-order valence-electron chi connectivity index (χ2n) is 5.62. The van der Waals surface area contributed by atoms with E-state index in [1.165, 1.54) is 12.5 Å². The first-order valence-electron chi connectivity index (χ1n) is 7.47. The smallest absolute Gasteiger partial charge is 0.228 e. The number of hydrogen-bond donors (Lipinski definition) is 2. The molecule has 1 aromatic carbocycles. The first-order chi connectivity index (χ1) is 10.8. The maximum atomic E-state index is 13.3. The SMILES string of the molecule is Cc1ccc(OCC(C)Nc2nc(N)nc(C(C)F)n2)c(C)c1. The molecule has 3 N–H and O–H groups in total. The third-order valence-electron chi connectivity index (χ3n) is 3.22. The summed E-state index contributed by atoms with van der Waals surface area (Å²) in [5, 5.41) is 3.05. The molecule has 0 aliphatic heterocycles. The van der Waals surface area contributed by atoms with Gasteiger partial charge in [0.05, 0.1) is 6.04 Å². The van der Waals surface area contributed by atoms with Crippen molar-refractivity contribution in [1.82, 2.24) is 15.0 Å². The summed E-state index contributed by atoms with van der Waals surface area (Å²) in [5.41, 5.74) is 7.84. The van der Waals surface area contributed by atoms with Crippen LogP contribution in [0.25, 0.3) is 0 Å². The topological polar surface area (TPSA) is 86.0 Å². The van der Waals surface area contributed by atoms with Gasteiger partial charge in [-0.15, -0.1) is 0 Å². The van der Waals surface area contributed by atoms with Gasteiger partial charge in [-0.05, 0) is 39.3 Å². The molecular formula is C16H22FN5O. The molecule has 0 saturated heterocycles. The summed E-state index contributed by atoms with van der Waals surface area (Å²) in [6.45, 7) is 7.72. The van der Waals surface area contributed by atoms with Gasteiger partial charge in [-0.1, -0.05) is 17.7 Å². The van der Waals surface area contributed by atoms with Crippen molar-refractivity contribution in [3.05, 3.63) is 35.2 Å². The zero-order valence-corrected chi connectivity index (χ0v) is 13.8. The highest BCUT2D eigenvalue weighted by Crippen LogP contribution is 2.19. The van der Waals surface area contributed by atoms with Crippen LogP contribution >= 0.6 is 0 Å². The summed E-state index contributed by atoms with van der Waals surface area (Å²) >= 11 is 0. The molecule has 124 valence electrons. The predicted octanol–water partition coefficient (Wildman–Crippen LogP) is 2.98. The van der Waals surface area contributed by atoms with E-state index >= 15 is 0 Å². The highest BCUT2D eigenvalue weighted by atomic mass is 19.1. The van der Waals surface area contributed by atoms with E-state index in [4.69, 9.17) is 10.5 Å². The molecule has 2 atom stereocenters. The lowest BCUT2D eigenvalue weighted by Gasteiger charge is -2.16. The van der Waals surface area contributed by atoms with Gasteiger partial charge in [0.15, 0.2) is 12.0 Å². The minimum absolute atomic E-state index is 0.00972. The molecule has 0 aliphatic carbocycles. The summed E-state index contributed by atoms with van der Waals surface area (Å²) in [6.07, 6.45) is -1.30. The third-order valence-corrected chi connectivity index (χ3v) is 3.22. The largest absolute Gasteiger partial charge is 0.491 e. The summed E-state index contributed by atoms with van der Waals surface area (Å²) in [5.74, 6) is 1.08. The Bertz CT molecular complexity index is 678. The number of hydrogen-bond acceptors (Lipinski definition) is 6. The Morgan fingerprint density at radius 1 is 1.22 bits per heavy atom. The number of nitrogens with zero attached hydrogens (tertiary/aromatic N) is 3. The maximum absolute atomic E-state index is 13.3.